The highest BCUT2D eigenvalue weighted by atomic mass is 127. The topological polar surface area (TPSA) is 29.9 Å². The molecule has 0 unspecified atom stereocenters. The van der Waals surface area contributed by atoms with Crippen LogP contribution in [-0.4, -0.2) is 9.55 Å². The summed E-state index contributed by atoms with van der Waals surface area (Å²) in [6.45, 7) is 6.32. The Bertz CT molecular complexity index is 500. The van der Waals surface area contributed by atoms with E-state index in [4.69, 9.17) is 0 Å². The first kappa shape index (κ1) is 12.4. The smallest absolute Gasteiger partial charge is 0.207 e. The van der Waals surface area contributed by atoms with Crippen molar-refractivity contribution >= 4 is 34.2 Å². The van der Waals surface area contributed by atoms with Gasteiger partial charge in [-0.1, -0.05) is 0 Å². The summed E-state index contributed by atoms with van der Waals surface area (Å²) < 4.78 is 3.38. The molecular weight excluding hydrogens is 325 g/mol. The number of rotatable bonds is 3. The lowest BCUT2D eigenvalue weighted by Gasteiger charge is -2.12. The molecule has 2 aromatic rings. The zero-order chi connectivity index (χ0) is 12.4. The van der Waals surface area contributed by atoms with Crippen LogP contribution in [0.2, 0.25) is 0 Å². The van der Waals surface area contributed by atoms with Crippen molar-refractivity contribution in [3.05, 3.63) is 39.7 Å². The van der Waals surface area contributed by atoms with E-state index in [1.54, 1.807) is 0 Å². The van der Waals surface area contributed by atoms with Crippen LogP contribution in [0.1, 0.15) is 25.6 Å². The van der Waals surface area contributed by atoms with E-state index in [0.717, 1.165) is 17.3 Å². The molecule has 4 heteroatoms. The number of hydrogen-bond acceptors (Lipinski definition) is 2. The van der Waals surface area contributed by atoms with E-state index in [9.17, 15) is 0 Å². The molecule has 1 aromatic heterocycles. The number of aryl methyl sites for hydroxylation is 1. The Morgan fingerprint density at radius 2 is 1.88 bits per heavy atom. The zero-order valence-corrected chi connectivity index (χ0v) is 12.4. The van der Waals surface area contributed by atoms with Crippen molar-refractivity contribution in [3.8, 4) is 0 Å². The lowest BCUT2D eigenvalue weighted by molar-refractivity contribution is 0.607. The number of nitrogens with zero attached hydrogens (tertiary/aromatic N) is 2. The summed E-state index contributed by atoms with van der Waals surface area (Å²) in [5.41, 5.74) is 2.10. The molecule has 0 spiro atoms. The van der Waals surface area contributed by atoms with Crippen LogP contribution in [-0.2, 0) is 0 Å². The molecule has 1 N–H and O–H groups in total. The van der Waals surface area contributed by atoms with Crippen LogP contribution < -0.4 is 5.32 Å². The molecule has 0 saturated carbocycles. The van der Waals surface area contributed by atoms with Crippen LogP contribution in [0.4, 0.5) is 11.6 Å². The Morgan fingerprint density at radius 3 is 2.47 bits per heavy atom. The molecule has 0 fully saturated rings. The summed E-state index contributed by atoms with van der Waals surface area (Å²) in [6.07, 6.45) is 2.07. The average molecular weight is 341 g/mol. The number of nitrogens with one attached hydrogen (secondary N) is 1. The molecule has 2 rings (SSSR count). The van der Waals surface area contributed by atoms with Crippen LogP contribution >= 0.6 is 22.6 Å². The van der Waals surface area contributed by atoms with Gasteiger partial charge in [0.25, 0.3) is 0 Å². The molecule has 0 radical (unpaired) electrons. The number of halogens is 1. The van der Waals surface area contributed by atoms with Gasteiger partial charge in [-0.05, 0) is 67.6 Å². The molecule has 0 bridgehead atoms. The van der Waals surface area contributed by atoms with E-state index >= 15 is 0 Å². The Hall–Kier alpha value is -1.04. The first-order chi connectivity index (χ1) is 8.06. The van der Waals surface area contributed by atoms with Crippen LogP contribution in [0.3, 0.4) is 0 Å². The molecule has 1 heterocycles. The van der Waals surface area contributed by atoms with Gasteiger partial charge < -0.3 is 9.88 Å². The number of benzene rings is 1. The molecule has 0 aliphatic rings. The van der Waals surface area contributed by atoms with Gasteiger partial charge in [0, 0.05) is 21.5 Å². The lowest BCUT2D eigenvalue weighted by Crippen LogP contribution is -2.05. The minimum absolute atomic E-state index is 0.405. The fourth-order valence-electron chi connectivity index (χ4n) is 1.66. The van der Waals surface area contributed by atoms with E-state index in [2.05, 4.69) is 81.8 Å². The molecule has 3 nitrogen and oxygen atoms in total. The summed E-state index contributed by atoms with van der Waals surface area (Å²) >= 11 is 2.30. The molecule has 0 atom stereocenters. The summed E-state index contributed by atoms with van der Waals surface area (Å²) in [5.74, 6) is 0.902. The van der Waals surface area contributed by atoms with Gasteiger partial charge in [0.15, 0.2) is 0 Å². The van der Waals surface area contributed by atoms with Crippen molar-refractivity contribution in [2.24, 2.45) is 0 Å². The summed E-state index contributed by atoms with van der Waals surface area (Å²) in [7, 11) is 0. The van der Waals surface area contributed by atoms with Gasteiger partial charge >= 0.3 is 0 Å². The third-order valence-corrected chi connectivity index (χ3v) is 3.23. The van der Waals surface area contributed by atoms with Gasteiger partial charge in [-0.25, -0.2) is 4.98 Å². The molecule has 1 aromatic carbocycles. The molecule has 90 valence electrons. The summed E-state index contributed by atoms with van der Waals surface area (Å²) in [6, 6.07) is 8.70. The highest BCUT2D eigenvalue weighted by Gasteiger charge is 2.08. The quantitative estimate of drug-likeness (QED) is 0.851. The predicted octanol–water partition coefficient (Wildman–Crippen LogP) is 4.12. The molecule has 0 aliphatic heterocycles. The van der Waals surface area contributed by atoms with Crippen molar-refractivity contribution < 1.29 is 0 Å². The fraction of sp³-hybridized carbons (Fsp3) is 0.308. The maximum Gasteiger partial charge on any atom is 0.207 e. The molecule has 17 heavy (non-hydrogen) atoms. The van der Waals surface area contributed by atoms with Gasteiger partial charge in [0.1, 0.15) is 0 Å². The molecular formula is C13H16IN3. The zero-order valence-electron chi connectivity index (χ0n) is 10.2. The van der Waals surface area contributed by atoms with Gasteiger partial charge in [-0.3, -0.25) is 0 Å². The van der Waals surface area contributed by atoms with Crippen LogP contribution in [0.5, 0.6) is 0 Å². The number of hydrogen-bond donors (Lipinski definition) is 1. The average Bonchev–Trinajstić information content (AvgIpc) is 2.63. The fourth-order valence-corrected chi connectivity index (χ4v) is 2.02. The standard InChI is InChI=1S/C13H16IN3/c1-9(2)17-8-10(3)15-13(17)16-12-6-4-11(14)5-7-12/h4-9H,1-3H3,(H,15,16). The second kappa shape index (κ2) is 5.08. The lowest BCUT2D eigenvalue weighted by atomic mass is 10.3. The van der Waals surface area contributed by atoms with Crippen LogP contribution in [0.15, 0.2) is 30.5 Å². The minimum atomic E-state index is 0.405. The van der Waals surface area contributed by atoms with E-state index in [1.165, 1.54) is 3.57 Å². The summed E-state index contributed by atoms with van der Waals surface area (Å²) in [5, 5.41) is 3.35. The maximum atomic E-state index is 4.50. The Labute approximate surface area is 115 Å². The largest absolute Gasteiger partial charge is 0.326 e. The van der Waals surface area contributed by atoms with E-state index in [-0.39, 0.29) is 0 Å². The summed E-state index contributed by atoms with van der Waals surface area (Å²) in [4.78, 5) is 4.50. The van der Waals surface area contributed by atoms with E-state index in [1.807, 2.05) is 6.92 Å². The molecule has 0 aliphatic carbocycles. The van der Waals surface area contributed by atoms with Crippen LogP contribution in [0.25, 0.3) is 0 Å². The third kappa shape index (κ3) is 3.00. The van der Waals surface area contributed by atoms with E-state index in [0.29, 0.717) is 6.04 Å². The van der Waals surface area contributed by atoms with Gasteiger partial charge in [-0.2, -0.15) is 0 Å². The molecule has 0 saturated heterocycles. The number of anilines is 2. The number of aromatic nitrogens is 2. The van der Waals surface area contributed by atoms with Gasteiger partial charge in [-0.15, -0.1) is 0 Å². The Kier molecular flexibility index (Phi) is 3.71. The monoisotopic (exact) mass is 341 g/mol. The first-order valence-electron chi connectivity index (χ1n) is 5.64. The SMILES string of the molecule is Cc1cn(C(C)C)c(Nc2ccc(I)cc2)n1. The van der Waals surface area contributed by atoms with Crippen LogP contribution in [0, 0.1) is 10.5 Å². The highest BCUT2D eigenvalue weighted by molar-refractivity contribution is 14.1. The second-order valence-corrected chi connectivity index (χ2v) is 5.58. The molecule has 0 amide bonds. The first-order valence-corrected chi connectivity index (χ1v) is 6.72. The van der Waals surface area contributed by atoms with Crippen molar-refractivity contribution in [2.75, 3.05) is 5.32 Å². The third-order valence-electron chi connectivity index (χ3n) is 2.51. The Balaban J connectivity index is 2.26. The maximum absolute atomic E-state index is 4.50. The Morgan fingerprint density at radius 1 is 1.24 bits per heavy atom. The van der Waals surface area contributed by atoms with Crippen molar-refractivity contribution in [1.29, 1.82) is 0 Å². The predicted molar refractivity (Wildman–Crippen MR) is 79.8 cm³/mol. The van der Waals surface area contributed by atoms with Crippen molar-refractivity contribution in [1.82, 2.24) is 9.55 Å². The van der Waals surface area contributed by atoms with Gasteiger partial charge in [0.2, 0.25) is 5.95 Å². The highest BCUT2D eigenvalue weighted by Crippen LogP contribution is 2.20. The van der Waals surface area contributed by atoms with Crippen molar-refractivity contribution in [3.63, 3.8) is 0 Å². The van der Waals surface area contributed by atoms with Crippen molar-refractivity contribution in [2.45, 2.75) is 26.8 Å². The van der Waals surface area contributed by atoms with E-state index < -0.39 is 0 Å². The minimum Gasteiger partial charge on any atom is -0.326 e. The second-order valence-electron chi connectivity index (χ2n) is 4.34. The normalized spacial score (nSPS) is 10.9. The van der Waals surface area contributed by atoms with Gasteiger partial charge in [0.05, 0.1) is 5.69 Å². The number of imidazole rings is 1.